The predicted octanol–water partition coefficient (Wildman–Crippen LogP) is 1.50. The number of aromatic nitrogens is 1. The fraction of sp³-hybridized carbons (Fsp3) is 0.353. The number of rotatable bonds is 2. The van der Waals surface area contributed by atoms with E-state index < -0.39 is 5.66 Å². The maximum atomic E-state index is 12.4. The molecule has 2 aliphatic heterocycles. The lowest BCUT2D eigenvalue weighted by molar-refractivity contribution is -0.120. The second-order valence-electron chi connectivity index (χ2n) is 6.63. The largest absolute Gasteiger partial charge is 0.384 e. The van der Waals surface area contributed by atoms with Crippen LogP contribution in [0, 0.1) is 0 Å². The van der Waals surface area contributed by atoms with Crippen LogP contribution in [0.25, 0.3) is 0 Å². The average molecular weight is 327 g/mol. The third-order valence-corrected chi connectivity index (χ3v) is 4.54. The monoisotopic (exact) mass is 327 g/mol. The number of nitrogen functional groups attached to an aromatic ring is 1. The number of nitrogens with two attached hydrogens (primary N) is 1. The normalized spacial score (nSPS) is 21.2. The van der Waals surface area contributed by atoms with E-state index >= 15 is 0 Å². The van der Waals surface area contributed by atoms with Crippen LogP contribution in [-0.2, 0) is 16.0 Å². The quantitative estimate of drug-likeness (QED) is 0.564. The van der Waals surface area contributed by atoms with E-state index in [-0.39, 0.29) is 5.91 Å². The van der Waals surface area contributed by atoms with E-state index in [1.807, 2.05) is 13.8 Å². The Balaban J connectivity index is 2.07. The molecule has 0 unspecified atom stereocenters. The molecule has 1 fully saturated rings. The molecule has 2 aliphatic rings. The van der Waals surface area contributed by atoms with Crippen molar-refractivity contribution in [1.29, 1.82) is 0 Å². The minimum absolute atomic E-state index is 0.244. The van der Waals surface area contributed by atoms with E-state index in [0.717, 1.165) is 28.1 Å². The molecular weight excluding hydrogens is 306 g/mol. The highest BCUT2D eigenvalue weighted by atomic mass is 16.2. The van der Waals surface area contributed by atoms with Gasteiger partial charge in [-0.1, -0.05) is 0 Å². The van der Waals surface area contributed by atoms with E-state index in [4.69, 9.17) is 5.73 Å². The van der Waals surface area contributed by atoms with Gasteiger partial charge in [-0.05, 0) is 44.4 Å². The molecule has 1 saturated heterocycles. The fourth-order valence-corrected chi connectivity index (χ4v) is 3.24. The summed E-state index contributed by atoms with van der Waals surface area (Å²) in [6.07, 6.45) is 3.05. The van der Waals surface area contributed by atoms with Crippen LogP contribution < -0.4 is 16.4 Å². The molecule has 2 amide bonds. The molecule has 1 aromatic heterocycles. The Morgan fingerprint density at radius 2 is 2.17 bits per heavy atom. The summed E-state index contributed by atoms with van der Waals surface area (Å²) in [5.74, 6) is 0.211. The van der Waals surface area contributed by atoms with Crippen molar-refractivity contribution in [1.82, 2.24) is 15.2 Å². The van der Waals surface area contributed by atoms with Gasteiger partial charge >= 0.3 is 0 Å². The van der Waals surface area contributed by atoms with Crippen molar-refractivity contribution in [2.24, 2.45) is 0 Å². The topological polar surface area (TPSA) is 100 Å². The predicted molar refractivity (Wildman–Crippen MR) is 91.5 cm³/mol. The first-order chi connectivity index (χ1) is 11.2. The van der Waals surface area contributed by atoms with Crippen LogP contribution in [0.5, 0.6) is 0 Å². The summed E-state index contributed by atoms with van der Waals surface area (Å²) in [5.41, 5.74) is 9.99. The maximum absolute atomic E-state index is 12.4. The van der Waals surface area contributed by atoms with Crippen LogP contribution in [0.15, 0.2) is 34.8 Å². The molecule has 1 aromatic rings. The molecule has 4 N–H and O–H groups in total. The molecule has 3 heterocycles. The molecule has 3 rings (SSSR count). The summed E-state index contributed by atoms with van der Waals surface area (Å²) in [6.45, 7) is 7.40. The van der Waals surface area contributed by atoms with Crippen molar-refractivity contribution in [3.05, 3.63) is 40.4 Å². The van der Waals surface area contributed by atoms with Gasteiger partial charge in [-0.25, -0.2) is 4.98 Å². The van der Waals surface area contributed by atoms with E-state index in [1.54, 1.807) is 26.1 Å². The zero-order valence-electron chi connectivity index (χ0n) is 14.2. The summed E-state index contributed by atoms with van der Waals surface area (Å²) < 4.78 is 0. The molecule has 0 radical (unpaired) electrons. The van der Waals surface area contributed by atoms with Crippen LogP contribution in [-0.4, -0.2) is 27.9 Å². The Kier molecular flexibility index (Phi) is 3.59. The molecule has 0 saturated carbocycles. The number of carbonyl (C=O) groups is 2. The second kappa shape index (κ2) is 5.36. The molecule has 0 aromatic carbocycles. The van der Waals surface area contributed by atoms with E-state index in [0.29, 0.717) is 24.3 Å². The van der Waals surface area contributed by atoms with Gasteiger partial charge in [-0.2, -0.15) is 0 Å². The molecule has 0 atom stereocenters. The Hall–Kier alpha value is -2.83. The van der Waals surface area contributed by atoms with Gasteiger partial charge in [0.05, 0.1) is 0 Å². The van der Waals surface area contributed by atoms with Gasteiger partial charge in [0.25, 0.3) is 5.91 Å². The molecule has 7 heteroatoms. The van der Waals surface area contributed by atoms with Crippen LogP contribution in [0.3, 0.4) is 0 Å². The van der Waals surface area contributed by atoms with Crippen LogP contribution in [0.1, 0.15) is 33.3 Å². The van der Waals surface area contributed by atoms with E-state index in [1.165, 1.54) is 4.90 Å². The van der Waals surface area contributed by atoms with Gasteiger partial charge in [-0.3, -0.25) is 14.5 Å². The van der Waals surface area contributed by atoms with Crippen molar-refractivity contribution in [2.75, 3.05) is 11.1 Å². The first-order valence-corrected chi connectivity index (χ1v) is 7.74. The third-order valence-electron chi connectivity index (χ3n) is 4.54. The first kappa shape index (κ1) is 16.0. The summed E-state index contributed by atoms with van der Waals surface area (Å²) in [6, 6.07) is 1.79. The van der Waals surface area contributed by atoms with Gasteiger partial charge in [0.2, 0.25) is 6.41 Å². The highest BCUT2D eigenvalue weighted by Crippen LogP contribution is 2.35. The third kappa shape index (κ3) is 2.42. The van der Waals surface area contributed by atoms with Gasteiger partial charge in [-0.15, -0.1) is 0 Å². The smallest absolute Gasteiger partial charge is 0.270 e. The minimum Gasteiger partial charge on any atom is -0.384 e. The SMILES string of the molecule is CC1=C(/C(C)=C2/C(=O)NC(C)(C)N2C=O)Cc2cnc(N)cc2N1. The minimum atomic E-state index is -0.736. The molecule has 0 aliphatic carbocycles. The Morgan fingerprint density at radius 3 is 2.83 bits per heavy atom. The number of carbonyl (C=O) groups excluding carboxylic acids is 2. The summed E-state index contributed by atoms with van der Waals surface area (Å²) >= 11 is 0. The van der Waals surface area contributed by atoms with Crippen molar-refractivity contribution in [3.8, 4) is 0 Å². The second-order valence-corrected chi connectivity index (χ2v) is 6.63. The zero-order chi connectivity index (χ0) is 17.6. The number of fused-ring (bicyclic) bond motifs is 1. The van der Waals surface area contributed by atoms with Gasteiger partial charge < -0.3 is 16.4 Å². The zero-order valence-corrected chi connectivity index (χ0v) is 14.2. The summed E-state index contributed by atoms with van der Waals surface area (Å²) in [7, 11) is 0. The van der Waals surface area contributed by atoms with Crippen LogP contribution in [0.2, 0.25) is 0 Å². The molecule has 24 heavy (non-hydrogen) atoms. The highest BCUT2D eigenvalue weighted by Gasteiger charge is 2.42. The standard InChI is InChI=1S/C17H21N5O2/c1-9(15-16(24)21-17(3,4)22(15)8-23)12-5-11-7-19-14(18)6-13(11)20-10(12)2/h6-8,20H,5H2,1-4H3,(H2,18,19)(H,21,24)/b15-9-. The fourth-order valence-electron chi connectivity index (χ4n) is 3.24. The van der Waals surface area contributed by atoms with Crippen molar-refractivity contribution in [3.63, 3.8) is 0 Å². The van der Waals surface area contributed by atoms with Crippen LogP contribution >= 0.6 is 0 Å². The van der Waals surface area contributed by atoms with Crippen LogP contribution in [0.4, 0.5) is 11.5 Å². The molecular formula is C17H21N5O2. The summed E-state index contributed by atoms with van der Waals surface area (Å²) in [4.78, 5) is 29.5. The lowest BCUT2D eigenvalue weighted by Gasteiger charge is -2.29. The highest BCUT2D eigenvalue weighted by molar-refractivity contribution is 6.00. The number of nitrogens with zero attached hydrogens (tertiary/aromatic N) is 2. The summed E-state index contributed by atoms with van der Waals surface area (Å²) in [5, 5.41) is 6.14. The number of hydrogen-bond donors (Lipinski definition) is 3. The number of nitrogens with one attached hydrogen (secondary N) is 2. The Morgan fingerprint density at radius 1 is 1.46 bits per heavy atom. The van der Waals surface area contributed by atoms with Gasteiger partial charge in [0.1, 0.15) is 17.2 Å². The molecule has 0 spiro atoms. The number of hydrogen-bond acceptors (Lipinski definition) is 5. The van der Waals surface area contributed by atoms with E-state index in [2.05, 4.69) is 15.6 Å². The lowest BCUT2D eigenvalue weighted by Crippen LogP contribution is -2.45. The first-order valence-electron chi connectivity index (χ1n) is 7.74. The van der Waals surface area contributed by atoms with Crippen molar-refractivity contribution in [2.45, 2.75) is 39.8 Å². The molecule has 0 bridgehead atoms. The number of pyridine rings is 1. The number of anilines is 2. The van der Waals surface area contributed by atoms with Crippen molar-refractivity contribution < 1.29 is 9.59 Å². The van der Waals surface area contributed by atoms with Gasteiger partial charge in [0, 0.05) is 30.1 Å². The molecule has 7 nitrogen and oxygen atoms in total. The number of amides is 2. The van der Waals surface area contributed by atoms with Gasteiger partial charge in [0.15, 0.2) is 0 Å². The maximum Gasteiger partial charge on any atom is 0.270 e. The van der Waals surface area contributed by atoms with E-state index in [9.17, 15) is 9.59 Å². The molecule has 126 valence electrons. The lowest BCUT2D eigenvalue weighted by atomic mass is 9.92. The Labute approximate surface area is 140 Å². The Bertz CT molecular complexity index is 807. The van der Waals surface area contributed by atoms with Crippen molar-refractivity contribution >= 4 is 23.8 Å². The average Bonchev–Trinajstić information content (AvgIpc) is 2.73. The number of allylic oxidation sites excluding steroid dienone is 3.